The molecule has 2 rings (SSSR count). The molecule has 19 heavy (non-hydrogen) atoms. The maximum atomic E-state index is 12.2. The SMILES string of the molecule is Cc1cccc(OCC(F)(F)F)c1-n1nn[nH]c1=O. The highest BCUT2D eigenvalue weighted by Crippen LogP contribution is 2.26. The number of aromatic amines is 1. The minimum atomic E-state index is -4.46. The molecule has 1 aromatic carbocycles. The van der Waals surface area contributed by atoms with E-state index in [4.69, 9.17) is 4.74 Å². The number of ether oxygens (including phenoxy) is 1. The van der Waals surface area contributed by atoms with Crippen LogP contribution < -0.4 is 10.4 Å². The van der Waals surface area contributed by atoms with Gasteiger partial charge in [0.2, 0.25) is 0 Å². The average molecular weight is 274 g/mol. The van der Waals surface area contributed by atoms with E-state index in [2.05, 4.69) is 15.5 Å². The zero-order chi connectivity index (χ0) is 14.0. The summed E-state index contributed by atoms with van der Waals surface area (Å²) in [6.07, 6.45) is -4.46. The van der Waals surface area contributed by atoms with E-state index >= 15 is 0 Å². The van der Waals surface area contributed by atoms with Crippen molar-refractivity contribution >= 4 is 0 Å². The largest absolute Gasteiger partial charge is 0.482 e. The molecule has 0 fully saturated rings. The van der Waals surface area contributed by atoms with E-state index in [0.29, 0.717) is 5.56 Å². The number of alkyl halides is 3. The second-order valence-electron chi connectivity index (χ2n) is 3.74. The predicted molar refractivity (Wildman–Crippen MR) is 58.3 cm³/mol. The number of benzene rings is 1. The predicted octanol–water partition coefficient (Wildman–Crippen LogP) is 1.21. The fraction of sp³-hybridized carbons (Fsp3) is 0.300. The van der Waals surface area contributed by atoms with Gasteiger partial charge in [-0.2, -0.15) is 17.9 Å². The molecular weight excluding hydrogens is 265 g/mol. The molecule has 0 spiro atoms. The van der Waals surface area contributed by atoms with Gasteiger partial charge in [0.15, 0.2) is 6.61 Å². The molecule has 6 nitrogen and oxygen atoms in total. The number of rotatable bonds is 3. The van der Waals surface area contributed by atoms with Crippen LogP contribution in [0.1, 0.15) is 5.56 Å². The maximum absolute atomic E-state index is 12.2. The molecule has 1 heterocycles. The van der Waals surface area contributed by atoms with Gasteiger partial charge in [-0.3, -0.25) is 0 Å². The first-order chi connectivity index (χ1) is 8.88. The summed E-state index contributed by atoms with van der Waals surface area (Å²) in [6.45, 7) is 0.174. The first kappa shape index (κ1) is 13.1. The Balaban J connectivity index is 2.43. The summed E-state index contributed by atoms with van der Waals surface area (Å²) in [7, 11) is 0. The van der Waals surface area contributed by atoms with E-state index in [1.165, 1.54) is 12.1 Å². The number of para-hydroxylation sites is 1. The second kappa shape index (κ2) is 4.75. The van der Waals surface area contributed by atoms with Crippen LogP contribution in [0.4, 0.5) is 13.2 Å². The Morgan fingerprint density at radius 2 is 2.16 bits per heavy atom. The molecule has 1 N–H and O–H groups in total. The second-order valence-corrected chi connectivity index (χ2v) is 3.74. The van der Waals surface area contributed by atoms with Crippen LogP contribution in [0, 0.1) is 6.92 Å². The fourth-order valence-corrected chi connectivity index (χ4v) is 1.52. The van der Waals surface area contributed by atoms with Gasteiger partial charge in [0.25, 0.3) is 0 Å². The molecule has 0 saturated heterocycles. The van der Waals surface area contributed by atoms with Crippen LogP contribution in [0.3, 0.4) is 0 Å². The van der Waals surface area contributed by atoms with Crippen LogP contribution >= 0.6 is 0 Å². The lowest BCUT2D eigenvalue weighted by atomic mass is 10.2. The van der Waals surface area contributed by atoms with Gasteiger partial charge < -0.3 is 4.74 Å². The van der Waals surface area contributed by atoms with Gasteiger partial charge in [-0.05, 0) is 29.0 Å². The van der Waals surface area contributed by atoms with Crippen LogP contribution in [-0.4, -0.2) is 33.0 Å². The molecule has 102 valence electrons. The molecule has 1 aromatic heterocycles. The van der Waals surface area contributed by atoms with Gasteiger partial charge in [0, 0.05) is 0 Å². The highest BCUT2D eigenvalue weighted by atomic mass is 19.4. The standard InChI is InChI=1S/C10H9F3N4O2/c1-6-3-2-4-7(19-5-10(11,12)13)8(6)17-9(18)14-15-16-17/h2-4H,5H2,1H3,(H,14,16,18). The molecule has 2 aromatic rings. The molecule has 9 heteroatoms. The molecule has 0 aliphatic carbocycles. The van der Waals surface area contributed by atoms with Crippen molar-refractivity contribution in [3.63, 3.8) is 0 Å². The summed E-state index contributed by atoms with van der Waals surface area (Å²) in [6, 6.07) is 4.47. The lowest BCUT2D eigenvalue weighted by Crippen LogP contribution is -2.22. The van der Waals surface area contributed by atoms with Gasteiger partial charge >= 0.3 is 11.9 Å². The normalized spacial score (nSPS) is 11.6. The van der Waals surface area contributed by atoms with Gasteiger partial charge in [-0.1, -0.05) is 12.1 Å². The summed E-state index contributed by atoms with van der Waals surface area (Å²) in [5.41, 5.74) is 0.00679. The topological polar surface area (TPSA) is 72.8 Å². The lowest BCUT2D eigenvalue weighted by molar-refractivity contribution is -0.153. The fourth-order valence-electron chi connectivity index (χ4n) is 1.52. The average Bonchev–Trinajstić information content (AvgIpc) is 2.72. The monoisotopic (exact) mass is 274 g/mol. The van der Waals surface area contributed by atoms with E-state index in [-0.39, 0.29) is 11.4 Å². The first-order valence-corrected chi connectivity index (χ1v) is 5.18. The number of hydrogen-bond acceptors (Lipinski definition) is 4. The Morgan fingerprint density at radius 3 is 2.74 bits per heavy atom. The van der Waals surface area contributed by atoms with Crippen molar-refractivity contribution in [2.24, 2.45) is 0 Å². The van der Waals surface area contributed by atoms with Crippen LogP contribution in [0.15, 0.2) is 23.0 Å². The summed E-state index contributed by atoms with van der Waals surface area (Å²) in [5.74, 6) is -0.0895. The highest BCUT2D eigenvalue weighted by molar-refractivity contribution is 5.51. The van der Waals surface area contributed by atoms with E-state index < -0.39 is 18.5 Å². The van der Waals surface area contributed by atoms with Crippen LogP contribution in [0.5, 0.6) is 5.75 Å². The molecule has 0 saturated carbocycles. The molecule has 0 atom stereocenters. The minimum absolute atomic E-state index is 0.0895. The molecule has 0 bridgehead atoms. The van der Waals surface area contributed by atoms with Crippen molar-refractivity contribution in [1.82, 2.24) is 20.2 Å². The van der Waals surface area contributed by atoms with Gasteiger partial charge in [0.1, 0.15) is 11.4 Å². The Hall–Kier alpha value is -2.32. The number of hydrogen-bond donors (Lipinski definition) is 1. The van der Waals surface area contributed by atoms with E-state index in [0.717, 1.165) is 4.68 Å². The quantitative estimate of drug-likeness (QED) is 0.913. The van der Waals surface area contributed by atoms with Crippen molar-refractivity contribution in [2.75, 3.05) is 6.61 Å². The Morgan fingerprint density at radius 1 is 1.42 bits per heavy atom. The van der Waals surface area contributed by atoms with Gasteiger partial charge in [0.05, 0.1) is 0 Å². The summed E-state index contributed by atoms with van der Waals surface area (Å²) >= 11 is 0. The molecule has 0 aliphatic heterocycles. The van der Waals surface area contributed by atoms with Crippen LogP contribution in [0.2, 0.25) is 0 Å². The molecule has 0 unspecified atom stereocenters. The third-order valence-electron chi connectivity index (χ3n) is 2.28. The number of nitrogens with zero attached hydrogens (tertiary/aromatic N) is 3. The van der Waals surface area contributed by atoms with Crippen molar-refractivity contribution < 1.29 is 17.9 Å². The van der Waals surface area contributed by atoms with E-state index in [9.17, 15) is 18.0 Å². The third-order valence-corrected chi connectivity index (χ3v) is 2.28. The van der Waals surface area contributed by atoms with Crippen molar-refractivity contribution in [1.29, 1.82) is 0 Å². The van der Waals surface area contributed by atoms with Gasteiger partial charge in [-0.25, -0.2) is 9.89 Å². The van der Waals surface area contributed by atoms with E-state index in [1.807, 2.05) is 0 Å². The summed E-state index contributed by atoms with van der Waals surface area (Å²) < 4.78 is 42.0. The third kappa shape index (κ3) is 2.92. The minimum Gasteiger partial charge on any atom is -0.482 e. The number of nitrogens with one attached hydrogen (secondary N) is 1. The Bertz CT molecular complexity index is 632. The van der Waals surface area contributed by atoms with Crippen LogP contribution in [-0.2, 0) is 0 Å². The maximum Gasteiger partial charge on any atom is 0.422 e. The van der Waals surface area contributed by atoms with Crippen LogP contribution in [0.25, 0.3) is 5.69 Å². The summed E-state index contributed by atoms with van der Waals surface area (Å²) in [4.78, 5) is 11.4. The Kier molecular flexibility index (Phi) is 3.28. The first-order valence-electron chi connectivity index (χ1n) is 5.18. The molecule has 0 aliphatic rings. The zero-order valence-corrected chi connectivity index (χ0v) is 9.73. The van der Waals surface area contributed by atoms with Gasteiger partial charge in [-0.15, -0.1) is 0 Å². The van der Waals surface area contributed by atoms with Crippen molar-refractivity contribution in [2.45, 2.75) is 13.1 Å². The number of H-pyrrole nitrogens is 1. The summed E-state index contributed by atoms with van der Waals surface area (Å²) in [5, 5.41) is 8.84. The number of tetrazole rings is 1. The number of halogens is 3. The zero-order valence-electron chi connectivity index (χ0n) is 9.73. The van der Waals surface area contributed by atoms with Crippen molar-refractivity contribution in [3.05, 3.63) is 34.2 Å². The van der Waals surface area contributed by atoms with Crippen molar-refractivity contribution in [3.8, 4) is 11.4 Å². The smallest absolute Gasteiger partial charge is 0.422 e. The molecule has 0 radical (unpaired) electrons. The number of aryl methyl sites for hydroxylation is 1. The highest BCUT2D eigenvalue weighted by Gasteiger charge is 2.29. The Labute approximate surface area is 104 Å². The molecule has 0 amide bonds. The molecular formula is C10H9F3N4O2. The number of aromatic nitrogens is 4. The lowest BCUT2D eigenvalue weighted by Gasteiger charge is -2.13. The van der Waals surface area contributed by atoms with E-state index in [1.54, 1.807) is 13.0 Å².